The molecule has 0 aliphatic heterocycles. The van der Waals surface area contributed by atoms with Crippen LogP contribution in [-0.2, 0) is 10.3 Å². The summed E-state index contributed by atoms with van der Waals surface area (Å²) in [6, 6.07) is 0. The fraction of sp³-hybridized carbons (Fsp3) is 0. The summed E-state index contributed by atoms with van der Waals surface area (Å²) in [5, 5.41) is 6.28. The summed E-state index contributed by atoms with van der Waals surface area (Å²) in [4.78, 5) is 0. The second-order valence-corrected chi connectivity index (χ2v) is 2.15. The number of nitrogens with two attached hydrogens (primary N) is 1. The third-order valence-corrected chi connectivity index (χ3v) is 0.717. The lowest BCUT2D eigenvalue weighted by molar-refractivity contribution is 0.478. The van der Waals surface area contributed by atoms with Crippen LogP contribution in [0.4, 0.5) is 0 Å². The first-order chi connectivity index (χ1) is 3.42. The van der Waals surface area contributed by atoms with Crippen molar-refractivity contribution in [1.82, 2.24) is 10.9 Å². The van der Waals surface area contributed by atoms with Crippen LogP contribution in [0, 0.1) is 5.41 Å². The quantitative estimate of drug-likeness (QED) is 0.176. The van der Waals surface area contributed by atoms with Crippen LogP contribution in [-0.4, -0.2) is 18.9 Å². The van der Waals surface area contributed by atoms with Crippen molar-refractivity contribution in [3.05, 3.63) is 0 Å². The molecule has 0 bridgehead atoms. The second-order valence-electron chi connectivity index (χ2n) is 0.991. The maximum atomic E-state index is 9.67. The van der Waals surface area contributed by atoms with Crippen LogP contribution < -0.4 is 16.6 Å². The first kappa shape index (κ1) is 11.0. The first-order valence-corrected chi connectivity index (χ1v) is 2.95. The molecule has 8 heteroatoms. The first-order valence-electron chi connectivity index (χ1n) is 1.51. The molecule has 0 amide bonds. The zero-order valence-corrected chi connectivity index (χ0v) is 5.27. The molecule has 7 nitrogen and oxygen atoms in total. The predicted octanol–water partition coefficient (Wildman–Crippen LogP) is -1.57. The van der Waals surface area contributed by atoms with Gasteiger partial charge in [0.2, 0.25) is 5.96 Å². The predicted molar refractivity (Wildman–Crippen MR) is 31.6 cm³/mol. The van der Waals surface area contributed by atoms with E-state index in [9.17, 15) is 8.42 Å². The summed E-state index contributed by atoms with van der Waals surface area (Å²) >= 11 is 0. The highest BCUT2D eigenvalue weighted by molar-refractivity contribution is 7.84. The Kier molecular flexibility index (Phi) is 3.94. The molecular formula is CH8N4O3S. The topological polar surface area (TPSA) is 151 Å². The lowest BCUT2D eigenvalue weighted by Gasteiger charge is -1.94. The zero-order chi connectivity index (χ0) is 6.78. The van der Waals surface area contributed by atoms with Crippen LogP contribution in [0.2, 0.25) is 0 Å². The zero-order valence-electron chi connectivity index (χ0n) is 4.46. The third kappa shape index (κ3) is 11.0. The molecule has 9 heavy (non-hydrogen) atoms. The number of hydrogen-bond donors (Lipinski definition) is 5. The van der Waals surface area contributed by atoms with Crippen LogP contribution in [0.3, 0.4) is 0 Å². The highest BCUT2D eigenvalue weighted by Gasteiger charge is 2.00. The van der Waals surface area contributed by atoms with E-state index in [2.05, 4.69) is 5.73 Å². The van der Waals surface area contributed by atoms with E-state index >= 15 is 0 Å². The summed E-state index contributed by atoms with van der Waals surface area (Å²) in [5.41, 5.74) is 4.51. The number of nitrogens with one attached hydrogen (secondary N) is 2. The van der Waals surface area contributed by atoms with Crippen LogP contribution in [0.25, 0.3) is 0 Å². The summed E-state index contributed by atoms with van der Waals surface area (Å²) in [6.07, 6.45) is 0. The van der Waals surface area contributed by atoms with Gasteiger partial charge in [0.05, 0.1) is 0 Å². The molecule has 8 N–H and O–H groups in total. The minimum absolute atomic E-state index is 0. The van der Waals surface area contributed by atoms with E-state index in [1.807, 2.05) is 0 Å². The molecule has 0 aromatic carbocycles. The summed E-state index contributed by atoms with van der Waals surface area (Å²) in [6.45, 7) is 0. The van der Waals surface area contributed by atoms with Crippen molar-refractivity contribution in [1.29, 1.82) is 5.41 Å². The van der Waals surface area contributed by atoms with Crippen LogP contribution >= 0.6 is 0 Å². The number of hydrogen-bond acceptors (Lipinski definition) is 4. The van der Waals surface area contributed by atoms with E-state index in [1.54, 1.807) is 0 Å². The van der Waals surface area contributed by atoms with Gasteiger partial charge in [0.15, 0.2) is 0 Å². The average molecular weight is 156 g/mol. The molecule has 0 saturated carbocycles. The van der Waals surface area contributed by atoms with Gasteiger partial charge in [0, 0.05) is 0 Å². The van der Waals surface area contributed by atoms with E-state index in [0.717, 1.165) is 0 Å². The molecule has 0 rings (SSSR count). The smallest absolute Gasteiger partial charge is 0.359 e. The second kappa shape index (κ2) is 3.22. The maximum Gasteiger partial charge on any atom is 0.359 e. The molecule has 0 heterocycles. The van der Waals surface area contributed by atoms with E-state index < -0.39 is 16.3 Å². The molecule has 0 unspecified atom stereocenters. The Morgan fingerprint density at radius 1 is 1.67 bits per heavy atom. The third-order valence-electron chi connectivity index (χ3n) is 0.239. The lowest BCUT2D eigenvalue weighted by Crippen LogP contribution is -2.34. The number of guanidine groups is 1. The molecule has 0 spiro atoms. The molecule has 0 saturated heterocycles. The van der Waals surface area contributed by atoms with Gasteiger partial charge in [-0.25, -0.2) is 4.72 Å². The molecular weight excluding hydrogens is 148 g/mol. The van der Waals surface area contributed by atoms with Crippen molar-refractivity contribution in [2.24, 2.45) is 5.73 Å². The standard InChI is InChI=1S/CH5N3O3S.H3N/c2-1(3)4-8(5,6)7;/h(H4,2,3,4)(H,5,6,7);1H3. The molecule has 0 aliphatic carbocycles. The SMILES string of the molecule is N.N=C(N)NS(=O)(=O)O. The monoisotopic (exact) mass is 156 g/mol. The minimum Gasteiger partial charge on any atom is -0.369 e. The fourth-order valence-corrected chi connectivity index (χ4v) is 0.417. The van der Waals surface area contributed by atoms with Gasteiger partial charge in [-0.05, 0) is 0 Å². The van der Waals surface area contributed by atoms with Crippen LogP contribution in [0.5, 0.6) is 0 Å². The van der Waals surface area contributed by atoms with Gasteiger partial charge in [-0.1, -0.05) is 0 Å². The van der Waals surface area contributed by atoms with Crippen molar-refractivity contribution >= 4 is 16.3 Å². The highest BCUT2D eigenvalue weighted by atomic mass is 32.2. The molecule has 0 aliphatic rings. The fourth-order valence-electron chi connectivity index (χ4n) is 0.139. The normalized spacial score (nSPS) is 9.44. The lowest BCUT2D eigenvalue weighted by atomic mass is 11.1. The number of rotatable bonds is 1. The largest absolute Gasteiger partial charge is 0.369 e. The van der Waals surface area contributed by atoms with Crippen LogP contribution in [0.15, 0.2) is 0 Å². The van der Waals surface area contributed by atoms with Gasteiger partial charge in [-0.3, -0.25) is 9.96 Å². The van der Waals surface area contributed by atoms with E-state index in [4.69, 9.17) is 9.96 Å². The molecule has 0 aromatic heterocycles. The van der Waals surface area contributed by atoms with E-state index in [0.29, 0.717) is 0 Å². The minimum atomic E-state index is -4.32. The van der Waals surface area contributed by atoms with Crippen molar-refractivity contribution in [3.63, 3.8) is 0 Å². The Morgan fingerprint density at radius 3 is 2.00 bits per heavy atom. The Hall–Kier alpha value is -0.860. The van der Waals surface area contributed by atoms with Gasteiger partial charge < -0.3 is 11.9 Å². The van der Waals surface area contributed by atoms with E-state index in [-0.39, 0.29) is 6.15 Å². The molecule has 0 radical (unpaired) electrons. The highest BCUT2D eigenvalue weighted by Crippen LogP contribution is 1.66. The van der Waals surface area contributed by atoms with Gasteiger partial charge in [-0.2, -0.15) is 8.42 Å². The van der Waals surface area contributed by atoms with Gasteiger partial charge >= 0.3 is 10.3 Å². The van der Waals surface area contributed by atoms with Crippen molar-refractivity contribution in [2.75, 3.05) is 0 Å². The van der Waals surface area contributed by atoms with Crippen molar-refractivity contribution < 1.29 is 13.0 Å². The molecule has 56 valence electrons. The Balaban J connectivity index is 0. The Labute approximate surface area is 52.2 Å². The Bertz CT molecular complexity index is 182. The summed E-state index contributed by atoms with van der Waals surface area (Å²) < 4.78 is 28.4. The summed E-state index contributed by atoms with van der Waals surface area (Å²) in [5.74, 6) is -0.812. The maximum absolute atomic E-state index is 9.67. The molecule has 0 fully saturated rings. The van der Waals surface area contributed by atoms with Gasteiger partial charge in [-0.15, -0.1) is 0 Å². The Morgan fingerprint density at radius 2 is 2.00 bits per heavy atom. The van der Waals surface area contributed by atoms with Gasteiger partial charge in [0.1, 0.15) is 0 Å². The van der Waals surface area contributed by atoms with E-state index in [1.165, 1.54) is 4.72 Å². The average Bonchev–Trinajstić information content (AvgIpc) is 1.21. The summed E-state index contributed by atoms with van der Waals surface area (Å²) in [7, 11) is -4.32. The van der Waals surface area contributed by atoms with Gasteiger partial charge in [0.25, 0.3) is 0 Å². The molecule has 0 atom stereocenters. The van der Waals surface area contributed by atoms with Crippen molar-refractivity contribution in [2.45, 2.75) is 0 Å². The van der Waals surface area contributed by atoms with Crippen LogP contribution in [0.1, 0.15) is 0 Å². The molecule has 0 aromatic rings. The van der Waals surface area contributed by atoms with Crippen molar-refractivity contribution in [3.8, 4) is 0 Å².